The van der Waals surface area contributed by atoms with E-state index in [0.717, 1.165) is 31.3 Å². The predicted molar refractivity (Wildman–Crippen MR) is 102 cm³/mol. The molecule has 3 fully saturated rings. The van der Waals surface area contributed by atoms with Crippen molar-refractivity contribution in [1.82, 2.24) is 0 Å². The Hall–Kier alpha value is -1.20. The summed E-state index contributed by atoms with van der Waals surface area (Å²) in [6.45, 7) is 3.88. The van der Waals surface area contributed by atoms with Crippen molar-refractivity contribution in [3.8, 4) is 0 Å². The van der Waals surface area contributed by atoms with Gasteiger partial charge in [-0.15, -0.1) is 9.42 Å². The van der Waals surface area contributed by atoms with E-state index >= 15 is 0 Å². The molecule has 0 amide bonds. The fourth-order valence-electron chi connectivity index (χ4n) is 7.07. The normalized spacial score (nSPS) is 45.0. The van der Waals surface area contributed by atoms with Crippen LogP contribution >= 0.6 is 8.25 Å². The lowest BCUT2D eigenvalue weighted by atomic mass is 9.46. The van der Waals surface area contributed by atoms with Crippen molar-refractivity contribution in [2.24, 2.45) is 34.5 Å². The molecule has 0 aromatic heterocycles. The maximum atomic E-state index is 12.7. The molecule has 0 heterocycles. The van der Waals surface area contributed by atoms with Gasteiger partial charge in [-0.2, -0.15) is 0 Å². The SMILES string of the molecule is C[C@@]12C=CC(=O)C=C1CC[C@H]1C2[C@H](O)C[C@]2(C)C1CC[C@H]2C(=O)CO[P+](=O)O. The van der Waals surface area contributed by atoms with Gasteiger partial charge >= 0.3 is 8.25 Å². The summed E-state index contributed by atoms with van der Waals surface area (Å²) in [6.07, 6.45) is 8.75. The highest BCUT2D eigenvalue weighted by atomic mass is 31.1. The van der Waals surface area contributed by atoms with Gasteiger partial charge in [0.05, 0.1) is 6.10 Å². The van der Waals surface area contributed by atoms with Gasteiger partial charge < -0.3 is 5.11 Å². The van der Waals surface area contributed by atoms with Crippen LogP contribution in [0.4, 0.5) is 0 Å². The van der Waals surface area contributed by atoms with Gasteiger partial charge in [-0.05, 0) is 61.5 Å². The Morgan fingerprint density at radius 1 is 1.32 bits per heavy atom. The van der Waals surface area contributed by atoms with Crippen molar-refractivity contribution in [2.75, 3.05) is 6.61 Å². The van der Waals surface area contributed by atoms with E-state index in [2.05, 4.69) is 18.4 Å². The highest BCUT2D eigenvalue weighted by molar-refractivity contribution is 7.32. The van der Waals surface area contributed by atoms with Gasteiger partial charge in [-0.25, -0.2) is 0 Å². The second-order valence-corrected chi connectivity index (χ2v) is 10.1. The van der Waals surface area contributed by atoms with E-state index in [-0.39, 0.29) is 40.8 Å². The summed E-state index contributed by atoms with van der Waals surface area (Å²) in [7, 11) is -2.79. The maximum Gasteiger partial charge on any atom is 0.695 e. The number of aliphatic hydroxyl groups is 1. The van der Waals surface area contributed by atoms with Crippen LogP contribution < -0.4 is 0 Å². The third kappa shape index (κ3) is 2.97. The first kappa shape index (κ1) is 20.1. The zero-order chi connectivity index (χ0) is 20.3. The Morgan fingerprint density at radius 2 is 2.07 bits per heavy atom. The van der Waals surface area contributed by atoms with E-state index in [1.165, 1.54) is 0 Å². The highest BCUT2D eigenvalue weighted by Crippen LogP contribution is 2.66. The molecule has 7 heteroatoms. The Bertz CT molecular complexity index is 788. The number of Topliss-reactive ketones (excluding diaryl/α,β-unsaturated/α-hetero) is 1. The number of carbonyl (C=O) groups is 2. The average Bonchev–Trinajstić information content (AvgIpc) is 2.96. The lowest BCUT2D eigenvalue weighted by molar-refractivity contribution is -0.140. The molecule has 3 saturated carbocycles. The molecule has 0 aliphatic heterocycles. The molecule has 8 atom stereocenters. The monoisotopic (exact) mass is 407 g/mol. The van der Waals surface area contributed by atoms with Gasteiger partial charge in [-0.3, -0.25) is 9.59 Å². The van der Waals surface area contributed by atoms with Crippen LogP contribution in [0.15, 0.2) is 23.8 Å². The number of ketones is 2. The first-order valence-corrected chi connectivity index (χ1v) is 11.2. The van der Waals surface area contributed by atoms with E-state index < -0.39 is 14.4 Å². The first-order chi connectivity index (χ1) is 13.2. The Kier molecular flexibility index (Phi) is 4.98. The van der Waals surface area contributed by atoms with Gasteiger partial charge in [0, 0.05) is 21.8 Å². The Balaban J connectivity index is 1.62. The van der Waals surface area contributed by atoms with Crippen molar-refractivity contribution < 1.29 is 28.7 Å². The summed E-state index contributed by atoms with van der Waals surface area (Å²) in [4.78, 5) is 33.4. The van der Waals surface area contributed by atoms with E-state index in [9.17, 15) is 19.3 Å². The summed E-state index contributed by atoms with van der Waals surface area (Å²) < 4.78 is 15.5. The van der Waals surface area contributed by atoms with Crippen molar-refractivity contribution in [3.63, 3.8) is 0 Å². The van der Waals surface area contributed by atoms with Crippen LogP contribution in [0.25, 0.3) is 0 Å². The molecule has 0 aromatic carbocycles. The summed E-state index contributed by atoms with van der Waals surface area (Å²) >= 11 is 0. The maximum absolute atomic E-state index is 12.7. The lowest BCUT2D eigenvalue weighted by Gasteiger charge is -2.58. The predicted octanol–water partition coefficient (Wildman–Crippen LogP) is 3.12. The summed E-state index contributed by atoms with van der Waals surface area (Å²) in [5.41, 5.74) is 0.487. The fourth-order valence-corrected chi connectivity index (χ4v) is 7.31. The summed E-state index contributed by atoms with van der Waals surface area (Å²) in [5, 5.41) is 11.2. The minimum absolute atomic E-state index is 0.0230. The largest absolute Gasteiger partial charge is 0.695 e. The van der Waals surface area contributed by atoms with E-state index in [4.69, 9.17) is 4.89 Å². The molecule has 0 spiro atoms. The second-order valence-electron chi connectivity index (χ2n) is 9.41. The molecule has 0 aromatic rings. The number of carbonyl (C=O) groups excluding carboxylic acids is 2. The molecular formula is C21H28O6P+. The number of aliphatic hydroxyl groups excluding tert-OH is 1. The van der Waals surface area contributed by atoms with Gasteiger partial charge in [0.1, 0.15) is 0 Å². The zero-order valence-electron chi connectivity index (χ0n) is 16.3. The first-order valence-electron chi connectivity index (χ1n) is 10.1. The molecule has 0 saturated heterocycles. The molecule has 3 unspecified atom stereocenters. The number of allylic oxidation sites excluding steroid dienone is 4. The van der Waals surface area contributed by atoms with Gasteiger partial charge in [-0.1, -0.05) is 25.5 Å². The number of hydrogen-bond donors (Lipinski definition) is 2. The molecule has 152 valence electrons. The average molecular weight is 407 g/mol. The van der Waals surface area contributed by atoms with Crippen molar-refractivity contribution >= 4 is 19.8 Å². The van der Waals surface area contributed by atoms with Crippen LogP contribution in [-0.4, -0.2) is 34.3 Å². The topological polar surface area (TPSA) is 101 Å². The molecule has 28 heavy (non-hydrogen) atoms. The zero-order valence-corrected chi connectivity index (χ0v) is 17.2. The quantitative estimate of drug-likeness (QED) is 0.695. The molecule has 4 rings (SSSR count). The molecule has 0 bridgehead atoms. The summed E-state index contributed by atoms with van der Waals surface area (Å²) in [5.74, 6) is 0.293. The molecule has 6 nitrogen and oxygen atoms in total. The van der Waals surface area contributed by atoms with E-state index in [0.29, 0.717) is 18.3 Å². The lowest BCUT2D eigenvalue weighted by Crippen LogP contribution is -2.56. The smallest absolute Gasteiger partial charge is 0.393 e. The molecule has 4 aliphatic rings. The minimum atomic E-state index is -2.79. The van der Waals surface area contributed by atoms with Gasteiger partial charge in [0.2, 0.25) is 0 Å². The van der Waals surface area contributed by atoms with Crippen LogP contribution in [0.1, 0.15) is 46.0 Å². The Labute approximate surface area is 166 Å². The standard InChI is InChI=1S/C21H27O6P/c1-20-8-7-13(22)9-12(20)3-4-14-15-5-6-16(18(24)11-27-28(25)26)21(15,2)10-17(23)19(14)20/h7-9,14-17,19,23H,3-6,10-11H2,1-2H3/p+1/t14-,15?,16+,17-,19?,20-,21-/m1/s1. The van der Waals surface area contributed by atoms with Crippen molar-refractivity contribution in [2.45, 2.75) is 52.1 Å². The second kappa shape index (κ2) is 6.94. The number of fused-ring (bicyclic) bond motifs is 5. The van der Waals surface area contributed by atoms with Gasteiger partial charge in [0.25, 0.3) is 0 Å². The van der Waals surface area contributed by atoms with E-state index in [1.54, 1.807) is 12.2 Å². The summed E-state index contributed by atoms with van der Waals surface area (Å²) in [6, 6.07) is 0. The van der Waals surface area contributed by atoms with Crippen LogP contribution in [0, 0.1) is 34.5 Å². The van der Waals surface area contributed by atoms with E-state index in [1.807, 2.05) is 6.08 Å². The number of rotatable bonds is 4. The molecule has 2 N–H and O–H groups in total. The molecule has 4 aliphatic carbocycles. The van der Waals surface area contributed by atoms with Crippen LogP contribution in [0.2, 0.25) is 0 Å². The van der Waals surface area contributed by atoms with Crippen LogP contribution in [0.5, 0.6) is 0 Å². The highest BCUT2D eigenvalue weighted by Gasteiger charge is 2.62. The van der Waals surface area contributed by atoms with Crippen LogP contribution in [-0.2, 0) is 18.7 Å². The fraction of sp³-hybridized carbons (Fsp3) is 0.714. The van der Waals surface area contributed by atoms with Gasteiger partial charge in [0.15, 0.2) is 18.2 Å². The Morgan fingerprint density at radius 3 is 2.79 bits per heavy atom. The van der Waals surface area contributed by atoms with Crippen molar-refractivity contribution in [3.05, 3.63) is 23.8 Å². The van der Waals surface area contributed by atoms with Crippen molar-refractivity contribution in [1.29, 1.82) is 0 Å². The van der Waals surface area contributed by atoms with Crippen LogP contribution in [0.3, 0.4) is 0 Å². The molecule has 0 radical (unpaired) electrons. The third-order valence-corrected chi connectivity index (χ3v) is 8.55. The molecular weight excluding hydrogens is 379 g/mol. The minimum Gasteiger partial charge on any atom is -0.393 e. The third-order valence-electron chi connectivity index (χ3n) is 8.20. The number of hydrogen-bond acceptors (Lipinski definition) is 5.